The highest BCUT2D eigenvalue weighted by molar-refractivity contribution is 6.90. The summed E-state index contributed by atoms with van der Waals surface area (Å²) in [6.45, 7) is 15.6. The summed E-state index contributed by atoms with van der Waals surface area (Å²) in [4.78, 5) is 18.3. The molecule has 0 N–H and O–H groups in total. The van der Waals surface area contributed by atoms with E-state index in [2.05, 4.69) is 64.1 Å². The highest BCUT2D eigenvalue weighted by atomic mass is 28.3. The van der Waals surface area contributed by atoms with Crippen LogP contribution in [0, 0.1) is 0 Å². The van der Waals surface area contributed by atoms with E-state index in [1.807, 2.05) is 11.5 Å². The number of fused-ring (bicyclic) bond motifs is 1. The standard InChI is InChI=1S/C18H28N2O2Si/c1-8-13-10-11-15-14(12-13)16(19-22-9-2)17(21)20(15)23(6,7)18(3,4)5/h10-12H,8-9H2,1-7H3/b19-16+. The van der Waals surface area contributed by atoms with Crippen molar-refractivity contribution in [1.82, 2.24) is 0 Å². The van der Waals surface area contributed by atoms with Crippen LogP contribution in [0.3, 0.4) is 0 Å². The summed E-state index contributed by atoms with van der Waals surface area (Å²) in [6, 6.07) is 6.26. The number of aryl methyl sites for hydroxylation is 1. The Kier molecular flexibility index (Phi) is 4.71. The molecule has 0 saturated heterocycles. The second-order valence-corrected chi connectivity index (χ2v) is 12.6. The lowest BCUT2D eigenvalue weighted by Gasteiger charge is -2.43. The van der Waals surface area contributed by atoms with E-state index in [0.29, 0.717) is 12.3 Å². The smallest absolute Gasteiger partial charge is 0.273 e. The van der Waals surface area contributed by atoms with Crippen molar-refractivity contribution in [1.29, 1.82) is 0 Å². The maximum Gasteiger partial charge on any atom is 0.273 e. The number of anilines is 1. The zero-order valence-corrected chi connectivity index (χ0v) is 16.4. The van der Waals surface area contributed by atoms with Gasteiger partial charge in [-0.05, 0) is 36.1 Å². The average Bonchev–Trinajstić information content (AvgIpc) is 2.75. The molecule has 1 aliphatic rings. The van der Waals surface area contributed by atoms with E-state index in [1.165, 1.54) is 5.56 Å². The zero-order chi connectivity index (χ0) is 17.4. The molecule has 126 valence electrons. The van der Waals surface area contributed by atoms with Crippen LogP contribution in [0.15, 0.2) is 23.4 Å². The molecular weight excluding hydrogens is 304 g/mol. The van der Waals surface area contributed by atoms with Crippen LogP contribution in [0.5, 0.6) is 0 Å². The first-order valence-corrected chi connectivity index (χ1v) is 11.3. The average molecular weight is 333 g/mol. The van der Waals surface area contributed by atoms with Crippen LogP contribution in [0.2, 0.25) is 18.1 Å². The second-order valence-electron chi connectivity index (χ2n) is 7.51. The predicted octanol–water partition coefficient (Wildman–Crippen LogP) is 4.34. The van der Waals surface area contributed by atoms with Gasteiger partial charge in [-0.1, -0.05) is 52.0 Å². The van der Waals surface area contributed by atoms with Gasteiger partial charge in [-0.15, -0.1) is 0 Å². The first-order valence-electron chi connectivity index (χ1n) is 8.33. The van der Waals surface area contributed by atoms with Gasteiger partial charge in [0.2, 0.25) is 0 Å². The number of hydrogen-bond donors (Lipinski definition) is 0. The minimum Gasteiger partial charge on any atom is -0.395 e. The van der Waals surface area contributed by atoms with E-state index in [1.54, 1.807) is 0 Å². The Morgan fingerprint density at radius 2 is 1.87 bits per heavy atom. The highest BCUT2D eigenvalue weighted by Crippen LogP contribution is 2.44. The fourth-order valence-electron chi connectivity index (χ4n) is 2.63. The summed E-state index contributed by atoms with van der Waals surface area (Å²) in [5, 5.41) is 4.19. The molecule has 1 aromatic carbocycles. The molecule has 2 rings (SSSR count). The molecule has 1 amide bonds. The molecule has 0 saturated carbocycles. The Bertz CT molecular complexity index is 645. The van der Waals surface area contributed by atoms with Gasteiger partial charge in [0, 0.05) is 11.3 Å². The quantitative estimate of drug-likeness (QED) is 0.608. The van der Waals surface area contributed by atoms with E-state index in [0.717, 1.165) is 17.7 Å². The number of rotatable bonds is 4. The molecule has 23 heavy (non-hydrogen) atoms. The molecule has 5 heteroatoms. The van der Waals surface area contributed by atoms with Gasteiger partial charge in [-0.3, -0.25) is 4.79 Å². The molecule has 0 atom stereocenters. The van der Waals surface area contributed by atoms with Crippen molar-refractivity contribution >= 4 is 25.5 Å². The van der Waals surface area contributed by atoms with Crippen molar-refractivity contribution in [3.63, 3.8) is 0 Å². The lowest BCUT2D eigenvalue weighted by Crippen LogP contribution is -2.57. The van der Waals surface area contributed by atoms with Gasteiger partial charge in [0.1, 0.15) is 6.61 Å². The van der Waals surface area contributed by atoms with Crippen LogP contribution >= 0.6 is 0 Å². The van der Waals surface area contributed by atoms with Crippen LogP contribution in [-0.4, -0.2) is 26.5 Å². The van der Waals surface area contributed by atoms with Crippen LogP contribution in [0.25, 0.3) is 0 Å². The fourth-order valence-corrected chi connectivity index (χ4v) is 4.71. The molecule has 1 aliphatic heterocycles. The molecule has 0 unspecified atom stereocenters. The van der Waals surface area contributed by atoms with Crippen LogP contribution in [-0.2, 0) is 16.1 Å². The Hall–Kier alpha value is -1.62. The van der Waals surface area contributed by atoms with Crippen LogP contribution in [0.4, 0.5) is 5.69 Å². The third-order valence-corrected chi connectivity index (χ3v) is 10.3. The summed E-state index contributed by atoms with van der Waals surface area (Å²) < 4.78 is 2.01. The second kappa shape index (κ2) is 6.11. The van der Waals surface area contributed by atoms with E-state index >= 15 is 0 Å². The highest BCUT2D eigenvalue weighted by Gasteiger charge is 2.49. The van der Waals surface area contributed by atoms with E-state index in [9.17, 15) is 4.79 Å². The maximum atomic E-state index is 13.1. The van der Waals surface area contributed by atoms with Crippen molar-refractivity contribution in [2.45, 2.75) is 59.2 Å². The molecule has 0 bridgehead atoms. The van der Waals surface area contributed by atoms with Crippen molar-refractivity contribution in [2.75, 3.05) is 11.2 Å². The fraction of sp³-hybridized carbons (Fsp3) is 0.556. The van der Waals surface area contributed by atoms with Gasteiger partial charge in [0.05, 0.1) is 0 Å². The van der Waals surface area contributed by atoms with E-state index in [-0.39, 0.29) is 10.9 Å². The van der Waals surface area contributed by atoms with E-state index < -0.39 is 8.24 Å². The normalized spacial score (nSPS) is 16.9. The van der Waals surface area contributed by atoms with Gasteiger partial charge in [0.25, 0.3) is 5.91 Å². The maximum absolute atomic E-state index is 13.1. The number of nitrogens with zero attached hydrogens (tertiary/aromatic N) is 2. The summed E-state index contributed by atoms with van der Waals surface area (Å²) in [5.74, 6) is -0.0201. The summed E-state index contributed by atoms with van der Waals surface area (Å²) in [7, 11) is -2.05. The Morgan fingerprint density at radius 1 is 1.22 bits per heavy atom. The van der Waals surface area contributed by atoms with Crippen molar-refractivity contribution in [2.24, 2.45) is 5.16 Å². The number of oxime groups is 1. The van der Waals surface area contributed by atoms with Crippen LogP contribution in [0.1, 0.15) is 45.7 Å². The molecule has 1 heterocycles. The predicted molar refractivity (Wildman–Crippen MR) is 98.7 cm³/mol. The van der Waals surface area contributed by atoms with Crippen molar-refractivity contribution < 1.29 is 9.63 Å². The SMILES string of the molecule is CCO/N=C1/C(=O)N([Si](C)(C)C(C)(C)C)c2ccc(CC)cc21. The number of hydrogen-bond acceptors (Lipinski definition) is 3. The van der Waals surface area contributed by atoms with Gasteiger partial charge >= 0.3 is 0 Å². The van der Waals surface area contributed by atoms with Gasteiger partial charge in [-0.2, -0.15) is 0 Å². The minimum absolute atomic E-state index is 0.0201. The summed E-state index contributed by atoms with van der Waals surface area (Å²) in [6.07, 6.45) is 0.934. The Morgan fingerprint density at radius 3 is 2.39 bits per heavy atom. The topological polar surface area (TPSA) is 41.9 Å². The van der Waals surface area contributed by atoms with E-state index in [4.69, 9.17) is 4.84 Å². The van der Waals surface area contributed by atoms with Gasteiger partial charge in [-0.25, -0.2) is 0 Å². The van der Waals surface area contributed by atoms with Gasteiger partial charge < -0.3 is 9.40 Å². The lowest BCUT2D eigenvalue weighted by molar-refractivity contribution is -0.111. The zero-order valence-electron chi connectivity index (χ0n) is 15.4. The molecule has 0 aromatic heterocycles. The molecule has 0 spiro atoms. The minimum atomic E-state index is -2.05. The van der Waals surface area contributed by atoms with Crippen molar-refractivity contribution in [3.05, 3.63) is 29.3 Å². The Balaban J connectivity index is 2.63. The number of amides is 1. The molecular formula is C18H28N2O2Si. The molecule has 0 fully saturated rings. The third kappa shape index (κ3) is 2.94. The van der Waals surface area contributed by atoms with Crippen LogP contribution < -0.4 is 4.57 Å². The molecule has 0 aliphatic carbocycles. The van der Waals surface area contributed by atoms with Gasteiger partial charge in [0.15, 0.2) is 13.9 Å². The first-order chi connectivity index (χ1) is 10.6. The number of benzene rings is 1. The van der Waals surface area contributed by atoms with Crippen molar-refractivity contribution in [3.8, 4) is 0 Å². The first kappa shape index (κ1) is 17.7. The molecule has 0 radical (unpaired) electrons. The largest absolute Gasteiger partial charge is 0.395 e. The summed E-state index contributed by atoms with van der Waals surface area (Å²) in [5.41, 5.74) is 3.55. The molecule has 1 aromatic rings. The Labute approximate surface area is 140 Å². The monoisotopic (exact) mass is 332 g/mol. The number of carbonyl (C=O) groups excluding carboxylic acids is 1. The number of carbonyl (C=O) groups is 1. The summed E-state index contributed by atoms with van der Waals surface area (Å²) >= 11 is 0. The lowest BCUT2D eigenvalue weighted by atomic mass is 10.1. The molecule has 4 nitrogen and oxygen atoms in total. The third-order valence-electron chi connectivity index (χ3n) is 5.05.